The second kappa shape index (κ2) is 8.99. The van der Waals surface area contributed by atoms with Gasteiger partial charge in [0, 0.05) is 22.6 Å². The summed E-state index contributed by atoms with van der Waals surface area (Å²) < 4.78 is 13.2. The van der Waals surface area contributed by atoms with E-state index in [9.17, 15) is 24.5 Å². The van der Waals surface area contributed by atoms with E-state index in [2.05, 4.69) is 0 Å². The van der Waals surface area contributed by atoms with Crippen LogP contribution in [0.5, 0.6) is 11.5 Å². The van der Waals surface area contributed by atoms with E-state index in [0.29, 0.717) is 29.7 Å². The Kier molecular flexibility index (Phi) is 6.15. The van der Waals surface area contributed by atoms with Crippen molar-refractivity contribution in [2.75, 3.05) is 4.90 Å². The van der Waals surface area contributed by atoms with Gasteiger partial charge in [-0.1, -0.05) is 42.1 Å². The van der Waals surface area contributed by atoms with E-state index < -0.39 is 12.1 Å². The van der Waals surface area contributed by atoms with E-state index in [1.54, 1.807) is 23.1 Å². The first-order chi connectivity index (χ1) is 14.9. The lowest BCUT2D eigenvalue weighted by Gasteiger charge is -2.28. The highest BCUT2D eigenvalue weighted by molar-refractivity contribution is 8.14. The normalized spacial score (nSPS) is 19.5. The Hall–Kier alpha value is -3.03. The molecule has 1 saturated heterocycles. The number of amides is 1. The van der Waals surface area contributed by atoms with Gasteiger partial charge in [0.05, 0.1) is 12.1 Å². The molecule has 4 rings (SSSR count). The summed E-state index contributed by atoms with van der Waals surface area (Å²) in [5.41, 5.74) is 1.85. The van der Waals surface area contributed by atoms with Crippen molar-refractivity contribution in [3.8, 4) is 11.5 Å². The summed E-state index contributed by atoms with van der Waals surface area (Å²) in [4.78, 5) is 14.6. The first-order valence-corrected chi connectivity index (χ1v) is 10.8. The van der Waals surface area contributed by atoms with Crippen molar-refractivity contribution in [1.29, 1.82) is 0 Å². The number of carbonyl (C=O) groups is 1. The number of hydrogen-bond donors (Lipinski definition) is 3. The van der Waals surface area contributed by atoms with Gasteiger partial charge in [-0.15, -0.1) is 0 Å². The molecule has 31 heavy (non-hydrogen) atoms. The minimum atomic E-state index is -0.795. The van der Waals surface area contributed by atoms with Crippen LogP contribution in [0.1, 0.15) is 36.1 Å². The Bertz CT molecular complexity index is 1060. The third-order valence-electron chi connectivity index (χ3n) is 5.43. The molecule has 0 aromatic heterocycles. The quantitative estimate of drug-likeness (QED) is 0.470. The van der Waals surface area contributed by atoms with Gasteiger partial charge in [0.1, 0.15) is 17.3 Å². The van der Waals surface area contributed by atoms with E-state index in [1.807, 2.05) is 30.3 Å². The molecule has 5 nitrogen and oxygen atoms in total. The zero-order chi connectivity index (χ0) is 22.0. The van der Waals surface area contributed by atoms with Gasteiger partial charge in [0.25, 0.3) is 5.24 Å². The van der Waals surface area contributed by atoms with Gasteiger partial charge in [0.15, 0.2) is 0 Å². The fourth-order valence-electron chi connectivity index (χ4n) is 3.90. The number of benzene rings is 3. The molecule has 0 aliphatic carbocycles. The zero-order valence-corrected chi connectivity index (χ0v) is 17.4. The smallest absolute Gasteiger partial charge is 0.287 e. The number of nitrogens with zero attached hydrogens (tertiary/aromatic N) is 1. The van der Waals surface area contributed by atoms with Crippen LogP contribution in [0.4, 0.5) is 14.9 Å². The fraction of sp³-hybridized carbons (Fsp3) is 0.208. The van der Waals surface area contributed by atoms with E-state index in [0.717, 1.165) is 0 Å². The van der Waals surface area contributed by atoms with Crippen LogP contribution in [-0.4, -0.2) is 25.8 Å². The van der Waals surface area contributed by atoms with Crippen molar-refractivity contribution < 1.29 is 24.5 Å². The highest BCUT2D eigenvalue weighted by Crippen LogP contribution is 2.49. The van der Waals surface area contributed by atoms with Crippen LogP contribution in [0.25, 0.3) is 0 Å². The van der Waals surface area contributed by atoms with Crippen LogP contribution in [-0.2, 0) is 0 Å². The van der Waals surface area contributed by atoms with Crippen molar-refractivity contribution in [2.45, 2.75) is 30.2 Å². The van der Waals surface area contributed by atoms with E-state index in [-0.39, 0.29) is 27.8 Å². The molecule has 1 unspecified atom stereocenters. The maximum atomic E-state index is 13.2. The van der Waals surface area contributed by atoms with Crippen LogP contribution in [0.3, 0.4) is 0 Å². The number of aliphatic hydroxyl groups is 1. The van der Waals surface area contributed by atoms with E-state index in [4.69, 9.17) is 0 Å². The monoisotopic (exact) mass is 439 g/mol. The molecule has 3 aromatic rings. The average molecular weight is 440 g/mol. The second-order valence-electron chi connectivity index (χ2n) is 7.46. The largest absolute Gasteiger partial charge is 0.508 e. The van der Waals surface area contributed by atoms with Gasteiger partial charge >= 0.3 is 0 Å². The number of halogens is 1. The molecule has 3 N–H and O–H groups in total. The van der Waals surface area contributed by atoms with Crippen molar-refractivity contribution in [1.82, 2.24) is 0 Å². The van der Waals surface area contributed by atoms with Gasteiger partial charge in [-0.25, -0.2) is 4.39 Å². The summed E-state index contributed by atoms with van der Waals surface area (Å²) >= 11 is 1.17. The molecular formula is C24H22FNO4S. The predicted octanol–water partition coefficient (Wildman–Crippen LogP) is 5.53. The number of phenols is 2. The SMILES string of the molecule is O=C1S[C@H](CCC(O)c2ccc(F)cc2)[C@@H](c2ccc(O)cc2O)N1c1ccccc1. The maximum absolute atomic E-state index is 13.2. The summed E-state index contributed by atoms with van der Waals surface area (Å²) in [6.45, 7) is 0. The van der Waals surface area contributed by atoms with Crippen molar-refractivity contribution in [3.63, 3.8) is 0 Å². The van der Waals surface area contributed by atoms with Gasteiger partial charge in [-0.05, 0) is 54.8 Å². The second-order valence-corrected chi connectivity index (χ2v) is 8.65. The Morgan fingerprint density at radius 3 is 2.39 bits per heavy atom. The molecule has 3 aromatic carbocycles. The molecule has 3 atom stereocenters. The van der Waals surface area contributed by atoms with Crippen LogP contribution in [0, 0.1) is 5.82 Å². The molecule has 1 aliphatic heterocycles. The number of aromatic hydroxyl groups is 2. The number of phenolic OH excluding ortho intramolecular Hbond substituents is 2. The number of rotatable bonds is 6. The standard InChI is InChI=1S/C24H22FNO4S/c25-16-8-6-15(7-9-16)20(28)12-13-22-23(19-11-10-18(27)14-21(19)29)26(24(30)31-22)17-4-2-1-3-5-17/h1-11,14,20,22-23,27-29H,12-13H2/t20?,22-,23-/m1/s1. The summed E-state index contributed by atoms with van der Waals surface area (Å²) in [5, 5.41) is 30.4. The first kappa shape index (κ1) is 21.2. The molecule has 1 fully saturated rings. The topological polar surface area (TPSA) is 81.0 Å². The average Bonchev–Trinajstić information content (AvgIpc) is 3.09. The Balaban J connectivity index is 1.62. The summed E-state index contributed by atoms with van der Waals surface area (Å²) in [5.74, 6) is -0.521. The molecule has 1 heterocycles. The van der Waals surface area contributed by atoms with Crippen molar-refractivity contribution in [2.24, 2.45) is 0 Å². The van der Waals surface area contributed by atoms with Crippen molar-refractivity contribution in [3.05, 3.63) is 89.7 Å². The van der Waals surface area contributed by atoms with E-state index in [1.165, 1.54) is 36.0 Å². The Morgan fingerprint density at radius 2 is 1.71 bits per heavy atom. The van der Waals surface area contributed by atoms with E-state index >= 15 is 0 Å². The Labute approximate surface area is 183 Å². The maximum Gasteiger partial charge on any atom is 0.287 e. The minimum absolute atomic E-state index is 0.0623. The molecular weight excluding hydrogens is 417 g/mol. The summed E-state index contributed by atoms with van der Waals surface area (Å²) in [7, 11) is 0. The molecule has 7 heteroatoms. The van der Waals surface area contributed by atoms with Gasteiger partial charge in [-0.3, -0.25) is 9.69 Å². The first-order valence-electron chi connectivity index (χ1n) is 9.94. The van der Waals surface area contributed by atoms with Crippen LogP contribution < -0.4 is 4.90 Å². The highest BCUT2D eigenvalue weighted by Gasteiger charge is 2.43. The summed E-state index contributed by atoms with van der Waals surface area (Å²) in [6.07, 6.45) is 0.0637. The molecule has 0 spiro atoms. The number of para-hydroxylation sites is 1. The van der Waals surface area contributed by atoms with Crippen molar-refractivity contribution >= 4 is 22.7 Å². The van der Waals surface area contributed by atoms with Crippen LogP contribution in [0.15, 0.2) is 72.8 Å². The zero-order valence-electron chi connectivity index (χ0n) is 16.6. The number of hydrogen-bond acceptors (Lipinski definition) is 5. The minimum Gasteiger partial charge on any atom is -0.508 e. The number of carbonyl (C=O) groups excluding carboxylic acids is 1. The van der Waals surface area contributed by atoms with Gasteiger partial charge in [0.2, 0.25) is 0 Å². The molecule has 160 valence electrons. The van der Waals surface area contributed by atoms with Gasteiger partial charge in [-0.2, -0.15) is 0 Å². The number of aliphatic hydroxyl groups excluding tert-OH is 1. The molecule has 0 bridgehead atoms. The third-order valence-corrected chi connectivity index (χ3v) is 6.62. The lowest BCUT2D eigenvalue weighted by molar-refractivity contribution is 0.163. The third kappa shape index (κ3) is 4.52. The number of anilines is 1. The molecule has 1 amide bonds. The Morgan fingerprint density at radius 1 is 1.00 bits per heavy atom. The fourth-order valence-corrected chi connectivity index (χ4v) is 5.14. The molecule has 1 aliphatic rings. The number of thioether (sulfide) groups is 1. The van der Waals surface area contributed by atoms with Crippen LogP contribution in [0.2, 0.25) is 0 Å². The lowest BCUT2D eigenvalue weighted by Crippen LogP contribution is -2.29. The highest BCUT2D eigenvalue weighted by atomic mass is 32.2. The van der Waals surface area contributed by atoms with Gasteiger partial charge < -0.3 is 15.3 Å². The predicted molar refractivity (Wildman–Crippen MR) is 119 cm³/mol. The summed E-state index contributed by atoms with van der Waals surface area (Å²) in [6, 6.07) is 18.8. The molecule has 0 radical (unpaired) electrons. The molecule has 0 saturated carbocycles. The lowest BCUT2D eigenvalue weighted by atomic mass is 9.95. The van der Waals surface area contributed by atoms with Crippen LogP contribution >= 0.6 is 11.8 Å².